The highest BCUT2D eigenvalue weighted by Gasteiger charge is 2.36. The van der Waals surface area contributed by atoms with E-state index in [0.29, 0.717) is 19.3 Å². The first-order valence-electron chi connectivity index (χ1n) is 15.2. The van der Waals surface area contributed by atoms with Gasteiger partial charge in [0.15, 0.2) is 0 Å². The summed E-state index contributed by atoms with van der Waals surface area (Å²) in [5.74, 6) is -2.57. The third kappa shape index (κ3) is 11.1. The molecule has 1 aliphatic heterocycles. The minimum atomic E-state index is -0.994. The van der Waals surface area contributed by atoms with Crippen LogP contribution in [0, 0.1) is 23.7 Å². The number of amides is 5. The molecule has 2 rings (SSSR count). The molecule has 5 atom stereocenters. The molecular formula is C32H51N5O5. The second-order valence-electron chi connectivity index (χ2n) is 13.1. The molecule has 0 unspecified atom stereocenters. The fraction of sp³-hybridized carbons (Fsp3) is 0.656. The van der Waals surface area contributed by atoms with E-state index in [1.807, 2.05) is 85.7 Å². The van der Waals surface area contributed by atoms with Crippen LogP contribution in [0.3, 0.4) is 0 Å². The highest BCUT2D eigenvalue weighted by atomic mass is 16.2. The van der Waals surface area contributed by atoms with E-state index >= 15 is 0 Å². The lowest BCUT2D eigenvalue weighted by molar-refractivity contribution is -0.135. The van der Waals surface area contributed by atoms with Crippen molar-refractivity contribution in [2.75, 3.05) is 0 Å². The molecule has 1 heterocycles. The summed E-state index contributed by atoms with van der Waals surface area (Å²) in [6, 6.07) is 4.61. The van der Waals surface area contributed by atoms with E-state index < -0.39 is 59.7 Å². The summed E-state index contributed by atoms with van der Waals surface area (Å²) in [4.78, 5) is 68.0. The van der Waals surface area contributed by atoms with Gasteiger partial charge >= 0.3 is 0 Å². The van der Waals surface area contributed by atoms with Crippen molar-refractivity contribution in [3.8, 4) is 0 Å². The van der Waals surface area contributed by atoms with Gasteiger partial charge in [0.05, 0.1) is 0 Å². The number of rotatable bonds is 9. The average molecular weight is 586 g/mol. The fourth-order valence-corrected chi connectivity index (χ4v) is 5.04. The van der Waals surface area contributed by atoms with Crippen LogP contribution in [0.25, 0.3) is 0 Å². The van der Waals surface area contributed by atoms with Crippen LogP contribution in [0.2, 0.25) is 0 Å². The summed E-state index contributed by atoms with van der Waals surface area (Å²) in [6.45, 7) is 15.3. The number of hydrogen-bond acceptors (Lipinski definition) is 5. The molecule has 5 amide bonds. The van der Waals surface area contributed by atoms with Crippen LogP contribution in [0.4, 0.5) is 0 Å². The molecule has 1 aliphatic rings. The molecule has 0 saturated carbocycles. The molecule has 0 bridgehead atoms. The monoisotopic (exact) mass is 585 g/mol. The second-order valence-corrected chi connectivity index (χ2v) is 13.1. The Bertz CT molecular complexity index is 1070. The quantitative estimate of drug-likeness (QED) is 0.302. The summed E-state index contributed by atoms with van der Waals surface area (Å²) < 4.78 is 0. The third-order valence-electron chi connectivity index (χ3n) is 7.18. The molecule has 0 radical (unpaired) electrons. The number of nitrogens with one attached hydrogen (secondary N) is 5. The average Bonchev–Trinajstić information content (AvgIpc) is 2.89. The van der Waals surface area contributed by atoms with Crippen molar-refractivity contribution >= 4 is 29.5 Å². The summed E-state index contributed by atoms with van der Waals surface area (Å²) >= 11 is 0. The van der Waals surface area contributed by atoms with Gasteiger partial charge < -0.3 is 26.6 Å². The first kappa shape index (κ1) is 34.8. The molecule has 0 aromatic heterocycles. The van der Waals surface area contributed by atoms with Gasteiger partial charge in [0, 0.05) is 6.42 Å². The van der Waals surface area contributed by atoms with Crippen LogP contribution in [0.1, 0.15) is 80.2 Å². The molecule has 10 heteroatoms. The van der Waals surface area contributed by atoms with E-state index in [9.17, 15) is 24.0 Å². The van der Waals surface area contributed by atoms with E-state index in [4.69, 9.17) is 0 Å². The minimum absolute atomic E-state index is 0.0595. The van der Waals surface area contributed by atoms with Gasteiger partial charge in [-0.25, -0.2) is 0 Å². The van der Waals surface area contributed by atoms with Crippen LogP contribution in [-0.4, -0.2) is 59.7 Å². The zero-order chi connectivity index (χ0) is 31.6. The topological polar surface area (TPSA) is 146 Å². The van der Waals surface area contributed by atoms with Crippen LogP contribution < -0.4 is 26.6 Å². The zero-order valence-electron chi connectivity index (χ0n) is 26.5. The fourth-order valence-electron chi connectivity index (χ4n) is 5.04. The standard InChI is InChI=1S/C32H51N5O5/c1-18(2)14-23-28(38)35-26(17-22-12-10-9-11-13-22)30(40)34-25(16-20(5)6)31(41)37-27(21(7)8)32(42)36-24(15-19(3)4)29(39)33-23/h9-13,18-21,23-27H,14-17H2,1-8H3,(H,33,39)(H,34,40)(H,35,38)(H,36,42)(H,37,41)/t23-,24-,25-,26-,27-/m0/s1. The second kappa shape index (κ2) is 16.3. The Morgan fingerprint density at radius 1 is 0.500 bits per heavy atom. The predicted molar refractivity (Wildman–Crippen MR) is 163 cm³/mol. The molecule has 10 nitrogen and oxygen atoms in total. The number of hydrogen-bond donors (Lipinski definition) is 5. The van der Waals surface area contributed by atoms with Gasteiger partial charge in [-0.3, -0.25) is 24.0 Å². The maximum Gasteiger partial charge on any atom is 0.243 e. The van der Waals surface area contributed by atoms with E-state index in [0.717, 1.165) is 5.56 Å². The Balaban J connectivity index is 2.59. The lowest BCUT2D eigenvalue weighted by Gasteiger charge is -2.28. The predicted octanol–water partition coefficient (Wildman–Crippen LogP) is 2.46. The van der Waals surface area contributed by atoms with E-state index in [2.05, 4.69) is 26.6 Å². The van der Waals surface area contributed by atoms with Crippen molar-refractivity contribution in [2.45, 2.75) is 111 Å². The smallest absolute Gasteiger partial charge is 0.243 e. The summed E-state index contributed by atoms with van der Waals surface area (Å²) in [5.41, 5.74) is 0.830. The van der Waals surface area contributed by atoms with Crippen molar-refractivity contribution in [3.63, 3.8) is 0 Å². The van der Waals surface area contributed by atoms with Crippen molar-refractivity contribution in [1.29, 1.82) is 0 Å². The molecule has 0 aliphatic carbocycles. The zero-order valence-corrected chi connectivity index (χ0v) is 26.5. The van der Waals surface area contributed by atoms with Gasteiger partial charge in [-0.05, 0) is 48.5 Å². The number of carbonyl (C=O) groups is 5. The molecule has 1 saturated heterocycles. The molecule has 5 N–H and O–H groups in total. The van der Waals surface area contributed by atoms with E-state index in [-0.39, 0.29) is 30.1 Å². The molecule has 1 aromatic carbocycles. The van der Waals surface area contributed by atoms with E-state index in [1.54, 1.807) is 0 Å². The first-order valence-corrected chi connectivity index (χ1v) is 15.2. The lowest BCUT2D eigenvalue weighted by atomic mass is 9.98. The van der Waals surface area contributed by atoms with Crippen LogP contribution in [0.5, 0.6) is 0 Å². The Hall–Kier alpha value is -3.43. The SMILES string of the molecule is CC(C)C[C@@H]1NC(=O)[C@H](CC(C)C)NC(=O)[C@H](C(C)C)NC(=O)[C@H](CC(C)C)NC(=O)[C@H](Cc2ccccc2)NC1=O. The van der Waals surface area contributed by atoms with Gasteiger partial charge in [0.1, 0.15) is 30.2 Å². The summed E-state index contributed by atoms with van der Waals surface area (Å²) in [6.07, 6.45) is 1.21. The van der Waals surface area contributed by atoms with Crippen molar-refractivity contribution < 1.29 is 24.0 Å². The van der Waals surface area contributed by atoms with Gasteiger partial charge in [0.25, 0.3) is 0 Å². The lowest BCUT2D eigenvalue weighted by Crippen LogP contribution is -2.59. The Labute approximate surface area is 250 Å². The van der Waals surface area contributed by atoms with Crippen LogP contribution in [0.15, 0.2) is 30.3 Å². The van der Waals surface area contributed by atoms with Crippen molar-refractivity contribution in [2.24, 2.45) is 23.7 Å². The largest absolute Gasteiger partial charge is 0.343 e. The normalized spacial score (nSPS) is 25.0. The van der Waals surface area contributed by atoms with Gasteiger partial charge in [-0.15, -0.1) is 0 Å². The molecule has 42 heavy (non-hydrogen) atoms. The summed E-state index contributed by atoms with van der Waals surface area (Å²) in [7, 11) is 0. The Morgan fingerprint density at radius 3 is 1.26 bits per heavy atom. The first-order chi connectivity index (χ1) is 19.7. The highest BCUT2D eigenvalue weighted by molar-refractivity contribution is 5.98. The van der Waals surface area contributed by atoms with Crippen LogP contribution >= 0.6 is 0 Å². The van der Waals surface area contributed by atoms with Gasteiger partial charge in [-0.2, -0.15) is 0 Å². The van der Waals surface area contributed by atoms with Gasteiger partial charge in [0.2, 0.25) is 29.5 Å². The van der Waals surface area contributed by atoms with Crippen LogP contribution in [-0.2, 0) is 30.4 Å². The Morgan fingerprint density at radius 2 is 0.857 bits per heavy atom. The maximum atomic E-state index is 13.7. The summed E-state index contributed by atoms with van der Waals surface area (Å²) in [5, 5.41) is 14.2. The van der Waals surface area contributed by atoms with Crippen molar-refractivity contribution in [3.05, 3.63) is 35.9 Å². The third-order valence-corrected chi connectivity index (χ3v) is 7.18. The minimum Gasteiger partial charge on any atom is -0.343 e. The number of benzene rings is 1. The Kier molecular flexibility index (Phi) is 13.5. The number of carbonyl (C=O) groups excluding carboxylic acids is 5. The molecule has 1 fully saturated rings. The maximum absolute atomic E-state index is 13.7. The van der Waals surface area contributed by atoms with Crippen molar-refractivity contribution in [1.82, 2.24) is 26.6 Å². The highest BCUT2D eigenvalue weighted by Crippen LogP contribution is 2.14. The van der Waals surface area contributed by atoms with E-state index in [1.165, 1.54) is 0 Å². The molecule has 1 aromatic rings. The van der Waals surface area contributed by atoms with Gasteiger partial charge in [-0.1, -0.05) is 85.7 Å². The molecule has 0 spiro atoms. The molecule has 234 valence electrons. The molecular weight excluding hydrogens is 534 g/mol.